The Morgan fingerprint density at radius 1 is 0.907 bits per heavy atom. The van der Waals surface area contributed by atoms with Gasteiger partial charge in [-0.15, -0.1) is 5.10 Å². The van der Waals surface area contributed by atoms with Gasteiger partial charge in [-0.3, -0.25) is 4.98 Å². The molecule has 0 saturated carbocycles. The van der Waals surface area contributed by atoms with Crippen molar-refractivity contribution >= 4 is 7.82 Å². The molecule has 0 bridgehead atoms. The molecule has 2 heterocycles. The minimum atomic E-state index is -6.33. The number of nitrogens with zero attached hydrogens (tertiary/aromatic N) is 5. The first kappa shape index (κ1) is 37.3. The average molecular weight is 651 g/mol. The minimum absolute atomic E-state index is 0. The van der Waals surface area contributed by atoms with E-state index in [9.17, 15) is 36.3 Å². The van der Waals surface area contributed by atoms with Crippen LogP contribution in [0.25, 0.3) is 11.1 Å². The van der Waals surface area contributed by atoms with Gasteiger partial charge in [0, 0.05) is 23.4 Å². The van der Waals surface area contributed by atoms with Gasteiger partial charge in [0.1, 0.15) is 29.4 Å². The molecule has 4 rings (SSSR count). The van der Waals surface area contributed by atoms with Gasteiger partial charge in [-0.25, -0.2) is 13.5 Å². The molecule has 20 heteroatoms. The number of phosphoric ester groups is 1. The van der Waals surface area contributed by atoms with E-state index in [-0.39, 0.29) is 76.5 Å². The molecular weight excluding hydrogens is 636 g/mol. The zero-order valence-electron chi connectivity index (χ0n) is 22.1. The number of rotatable bonds is 10. The van der Waals surface area contributed by atoms with Crippen molar-refractivity contribution in [1.29, 1.82) is 0 Å². The van der Waals surface area contributed by atoms with E-state index in [1.165, 1.54) is 24.3 Å². The molecule has 43 heavy (non-hydrogen) atoms. The topological polar surface area (TPSA) is 138 Å². The van der Waals surface area contributed by atoms with Gasteiger partial charge < -0.3 is 23.6 Å². The third-order valence-electron chi connectivity index (χ3n) is 5.59. The zero-order valence-corrected chi connectivity index (χ0v) is 27.0. The molecule has 0 aliphatic carbocycles. The van der Waals surface area contributed by atoms with Crippen LogP contribution in [0.15, 0.2) is 67.1 Å². The van der Waals surface area contributed by atoms with Crippen molar-refractivity contribution in [3.63, 3.8) is 0 Å². The fraction of sp³-hybridized carbons (Fsp3) is 0.217. The minimum Gasteiger partial charge on any atom is -0.790 e. The normalized spacial score (nSPS) is 13.4. The number of phosphoric acid groups is 1. The summed E-state index contributed by atoms with van der Waals surface area (Å²) in [6.07, 6.45) is -2.89. The zero-order chi connectivity index (χ0) is 30.1. The van der Waals surface area contributed by atoms with Crippen LogP contribution in [0.2, 0.25) is 0 Å². The van der Waals surface area contributed by atoms with Crippen LogP contribution in [0.4, 0.5) is 30.7 Å². The Morgan fingerprint density at radius 3 is 2.07 bits per heavy atom. The Kier molecular flexibility index (Phi) is 12.5. The van der Waals surface area contributed by atoms with Crippen LogP contribution in [0, 0.1) is 11.6 Å². The summed E-state index contributed by atoms with van der Waals surface area (Å²) in [5.41, 5.74) is -5.60. The number of ether oxygens (including phenoxy) is 1. The fourth-order valence-electron chi connectivity index (χ4n) is 3.84. The van der Waals surface area contributed by atoms with Crippen molar-refractivity contribution in [3.05, 3.63) is 90.0 Å². The van der Waals surface area contributed by atoms with Crippen LogP contribution in [0.1, 0.15) is 11.3 Å². The maximum atomic E-state index is 16.3. The van der Waals surface area contributed by atoms with E-state index in [0.717, 1.165) is 24.7 Å². The van der Waals surface area contributed by atoms with E-state index in [1.54, 1.807) is 0 Å². The number of pyridine rings is 1. The van der Waals surface area contributed by atoms with Crippen molar-refractivity contribution < 1.29 is 113 Å². The summed E-state index contributed by atoms with van der Waals surface area (Å²) in [7, 11) is -6.33. The van der Waals surface area contributed by atoms with Crippen molar-refractivity contribution in [1.82, 2.24) is 25.2 Å². The molecule has 1 atom stereocenters. The predicted octanol–water partition coefficient (Wildman–Crippen LogP) is -2.50. The summed E-state index contributed by atoms with van der Waals surface area (Å²) in [6.45, 7) is -2.87. The van der Waals surface area contributed by atoms with Gasteiger partial charge >= 0.3 is 71.2 Å². The first-order valence-electron chi connectivity index (χ1n) is 11.1. The van der Waals surface area contributed by atoms with Crippen LogP contribution in [0.3, 0.4) is 0 Å². The molecule has 0 aliphatic rings. The van der Waals surface area contributed by atoms with Crippen molar-refractivity contribution in [2.75, 3.05) is 6.61 Å². The Bertz CT molecular complexity index is 1550. The number of hydrogen-bond donors (Lipinski definition) is 0. The second-order valence-corrected chi connectivity index (χ2v) is 9.51. The summed E-state index contributed by atoms with van der Waals surface area (Å²) in [4.78, 5) is 27.1. The molecule has 2 aromatic carbocycles. The Hall–Kier alpha value is -1.92. The largest absolute Gasteiger partial charge is 1.00 e. The molecule has 0 unspecified atom stereocenters. The van der Waals surface area contributed by atoms with Crippen LogP contribution < -0.4 is 73.6 Å². The summed E-state index contributed by atoms with van der Waals surface area (Å²) >= 11 is 0. The predicted molar refractivity (Wildman–Crippen MR) is 120 cm³/mol. The van der Waals surface area contributed by atoms with E-state index in [2.05, 4.69) is 29.8 Å². The van der Waals surface area contributed by atoms with Gasteiger partial charge in [0.25, 0.3) is 0 Å². The molecule has 0 spiro atoms. The summed E-state index contributed by atoms with van der Waals surface area (Å²) in [6, 6.07) is 8.08. The van der Waals surface area contributed by atoms with Crippen molar-refractivity contribution in [3.8, 4) is 16.9 Å². The van der Waals surface area contributed by atoms with Crippen molar-refractivity contribution in [2.24, 2.45) is 0 Å². The van der Waals surface area contributed by atoms with E-state index < -0.39 is 61.6 Å². The van der Waals surface area contributed by atoms with Gasteiger partial charge in [-0.05, 0) is 46.3 Å². The summed E-state index contributed by atoms with van der Waals surface area (Å²) < 4.78 is 119. The number of halogens is 7. The summed E-state index contributed by atoms with van der Waals surface area (Å²) in [5, 5.41) is 9.83. The molecule has 0 N–H and O–H groups in total. The standard InChI is InChI=1S/C23H17F7N5O5P.2Na/c24-16-4-7-18(19(25)9-16)21(40-41(36,37)38,11-35-13-32-33-34-35)23(29,30)20-8-3-15(10-31-20)14-1-5-17(6-2-14)39-12-22(26,27)28;;/h1-10,13H,11-12H2,(H2,36,37,38);;/q;2*+1/p-2/t21-;;/m0../s1. The first-order valence-corrected chi connectivity index (χ1v) is 12.6. The van der Waals surface area contributed by atoms with Gasteiger partial charge in [-0.2, -0.15) is 22.0 Å². The average Bonchev–Trinajstić information content (AvgIpc) is 3.39. The van der Waals surface area contributed by atoms with Crippen LogP contribution in [-0.4, -0.2) is 38.0 Å². The number of aromatic nitrogens is 5. The molecule has 2 aromatic heterocycles. The third-order valence-corrected chi connectivity index (χ3v) is 6.13. The quantitative estimate of drug-likeness (QED) is 0.104. The maximum absolute atomic E-state index is 16.3. The monoisotopic (exact) mass is 651 g/mol. The second kappa shape index (κ2) is 14.5. The molecule has 0 fully saturated rings. The Labute approximate surface area is 282 Å². The molecule has 0 aliphatic heterocycles. The van der Waals surface area contributed by atoms with Gasteiger partial charge in [-0.1, -0.05) is 18.2 Å². The van der Waals surface area contributed by atoms with E-state index in [1.807, 2.05) is 0 Å². The molecule has 4 aromatic rings. The molecule has 0 saturated heterocycles. The van der Waals surface area contributed by atoms with E-state index in [4.69, 9.17) is 0 Å². The fourth-order valence-corrected chi connectivity index (χ4v) is 4.50. The molecule has 0 radical (unpaired) electrons. The molecular formula is C23H15F7N5Na2O5P. The first-order chi connectivity index (χ1) is 19.1. The van der Waals surface area contributed by atoms with Crippen LogP contribution in [0.5, 0.6) is 5.75 Å². The van der Waals surface area contributed by atoms with Crippen molar-refractivity contribution in [2.45, 2.75) is 24.2 Å². The van der Waals surface area contributed by atoms with Crippen LogP contribution >= 0.6 is 7.82 Å². The SMILES string of the molecule is O=P([O-])([O-])O[C@@](Cn1cnnn1)(c1ccc(F)cc1F)C(F)(F)c1ccc(-c2ccc(OCC(F)(F)F)cc2)cn1.[Na+].[Na+]. The van der Waals surface area contributed by atoms with Gasteiger partial charge in [0.15, 0.2) is 12.2 Å². The Balaban J connectivity index is 0.00000323. The number of hydrogen-bond acceptors (Lipinski definition) is 9. The van der Waals surface area contributed by atoms with E-state index >= 15 is 8.78 Å². The molecule has 218 valence electrons. The van der Waals surface area contributed by atoms with Gasteiger partial charge in [0.05, 0.1) is 14.4 Å². The van der Waals surface area contributed by atoms with Gasteiger partial charge in [0.2, 0.25) is 0 Å². The number of benzene rings is 2. The second-order valence-electron chi connectivity index (χ2n) is 8.43. The smallest absolute Gasteiger partial charge is 0.790 e. The third kappa shape index (κ3) is 9.06. The maximum Gasteiger partial charge on any atom is 1.00 e. The van der Waals surface area contributed by atoms with Crippen LogP contribution in [-0.2, 0) is 27.2 Å². The molecule has 0 amide bonds. The van der Waals surface area contributed by atoms with E-state index in [0.29, 0.717) is 22.4 Å². The number of tetrazole rings is 1. The Morgan fingerprint density at radius 2 is 1.56 bits per heavy atom. The summed E-state index contributed by atoms with van der Waals surface area (Å²) in [5.74, 6) is -7.60. The molecule has 10 nitrogen and oxygen atoms in total. The number of alkyl halides is 5.